The van der Waals surface area contributed by atoms with Crippen LogP contribution in [0.5, 0.6) is 0 Å². The minimum absolute atomic E-state index is 0.958. The molecule has 0 heterocycles. The maximum absolute atomic E-state index is 3.76. The zero-order valence-electron chi connectivity index (χ0n) is 12.7. The lowest BCUT2D eigenvalue weighted by molar-refractivity contribution is 0.569. The Balaban J connectivity index is 1.92. The molecule has 0 aliphatic heterocycles. The lowest BCUT2D eigenvalue weighted by atomic mass is 10.0. The van der Waals surface area contributed by atoms with Crippen LogP contribution >= 0.6 is 15.9 Å². The number of allylic oxidation sites excluding steroid dienone is 1. The Hall–Kier alpha value is -0.560. The van der Waals surface area contributed by atoms with Gasteiger partial charge in [0.15, 0.2) is 0 Å². The van der Waals surface area contributed by atoms with Crippen LogP contribution in [-0.2, 0) is 11.8 Å². The molecule has 0 amide bonds. The first-order valence-corrected chi connectivity index (χ1v) is 9.23. The number of rotatable bonds is 12. The van der Waals surface area contributed by atoms with E-state index in [0.717, 1.165) is 5.33 Å². The number of unbranched alkanes of at least 4 members (excludes halogenated alkanes) is 8. The summed E-state index contributed by atoms with van der Waals surface area (Å²) in [4.78, 5) is 0. The number of alkyl halides is 1. The predicted octanol–water partition coefficient (Wildman–Crippen LogP) is 6.82. The second kappa shape index (κ2) is 12.2. The third kappa shape index (κ3) is 8.58. The van der Waals surface area contributed by atoms with Gasteiger partial charge in [-0.2, -0.15) is 0 Å². The molecule has 0 nitrogen and oxygen atoms in total. The largest absolute Gasteiger partial charge is 0.103 e. The summed E-state index contributed by atoms with van der Waals surface area (Å²) in [5.41, 5.74) is 2.85. The van der Waals surface area contributed by atoms with E-state index in [1.54, 1.807) is 0 Å². The van der Waals surface area contributed by atoms with Crippen molar-refractivity contribution in [2.75, 3.05) is 0 Å². The molecule has 1 rings (SSSR count). The molecule has 0 bridgehead atoms. The van der Waals surface area contributed by atoms with Gasteiger partial charge in [-0.15, -0.1) is 6.58 Å². The highest BCUT2D eigenvalue weighted by molar-refractivity contribution is 9.08. The van der Waals surface area contributed by atoms with Crippen molar-refractivity contribution in [3.63, 3.8) is 0 Å². The first-order chi connectivity index (χ1) is 9.86. The highest BCUT2D eigenvalue weighted by atomic mass is 79.9. The number of aryl methyl sites for hydroxylation is 1. The van der Waals surface area contributed by atoms with E-state index in [1.807, 2.05) is 6.08 Å². The van der Waals surface area contributed by atoms with E-state index in [4.69, 9.17) is 0 Å². The Morgan fingerprint density at radius 2 is 1.25 bits per heavy atom. The van der Waals surface area contributed by atoms with Crippen LogP contribution in [0.2, 0.25) is 0 Å². The molecule has 0 aliphatic carbocycles. The van der Waals surface area contributed by atoms with E-state index < -0.39 is 0 Å². The number of hydrogen-bond acceptors (Lipinski definition) is 0. The van der Waals surface area contributed by atoms with Crippen molar-refractivity contribution in [2.24, 2.45) is 0 Å². The molecule has 0 aromatic heterocycles. The van der Waals surface area contributed by atoms with Crippen molar-refractivity contribution in [3.05, 3.63) is 48.0 Å². The van der Waals surface area contributed by atoms with Gasteiger partial charge >= 0.3 is 0 Å². The molecule has 1 aromatic carbocycles. The summed E-state index contributed by atoms with van der Waals surface area (Å²) in [7, 11) is 0. The molecule has 0 atom stereocenters. The average molecular weight is 337 g/mol. The highest BCUT2D eigenvalue weighted by Crippen LogP contribution is 2.13. The molecule has 0 fully saturated rings. The molecular weight excluding hydrogens is 308 g/mol. The minimum atomic E-state index is 0.958. The van der Waals surface area contributed by atoms with E-state index in [2.05, 4.69) is 46.8 Å². The summed E-state index contributed by atoms with van der Waals surface area (Å²) < 4.78 is 0. The van der Waals surface area contributed by atoms with E-state index in [-0.39, 0.29) is 0 Å². The summed E-state index contributed by atoms with van der Waals surface area (Å²) >= 11 is 3.48. The molecule has 0 saturated heterocycles. The third-order valence-electron chi connectivity index (χ3n) is 3.80. The van der Waals surface area contributed by atoms with Gasteiger partial charge < -0.3 is 0 Å². The second-order valence-corrected chi connectivity index (χ2v) is 6.17. The zero-order valence-corrected chi connectivity index (χ0v) is 14.3. The molecule has 20 heavy (non-hydrogen) atoms. The Morgan fingerprint density at radius 1 is 0.750 bits per heavy atom. The van der Waals surface area contributed by atoms with E-state index >= 15 is 0 Å². The van der Waals surface area contributed by atoms with E-state index in [0.29, 0.717) is 0 Å². The van der Waals surface area contributed by atoms with Crippen LogP contribution in [0.25, 0.3) is 0 Å². The van der Waals surface area contributed by atoms with Crippen molar-refractivity contribution in [1.82, 2.24) is 0 Å². The standard InChI is InChI=1S/C19H29Br/c1-2-3-4-5-6-7-8-9-10-11-12-18-13-15-19(17-20)16-14-18/h2,13-16H,1,3-12,17H2. The molecule has 0 radical (unpaired) electrons. The van der Waals surface area contributed by atoms with E-state index in [1.165, 1.54) is 75.3 Å². The van der Waals surface area contributed by atoms with Crippen molar-refractivity contribution in [1.29, 1.82) is 0 Å². The summed E-state index contributed by atoms with van der Waals surface area (Å²) in [6, 6.07) is 9.01. The molecule has 0 aliphatic rings. The number of hydrogen-bond donors (Lipinski definition) is 0. The molecule has 1 aromatic rings. The number of benzene rings is 1. The minimum Gasteiger partial charge on any atom is -0.103 e. The van der Waals surface area contributed by atoms with Crippen LogP contribution in [-0.4, -0.2) is 0 Å². The Bertz CT molecular complexity index is 339. The van der Waals surface area contributed by atoms with Crippen molar-refractivity contribution >= 4 is 15.9 Å². The average Bonchev–Trinajstić information content (AvgIpc) is 2.50. The molecule has 0 unspecified atom stereocenters. The van der Waals surface area contributed by atoms with Crippen LogP contribution in [0, 0.1) is 0 Å². The first-order valence-electron chi connectivity index (χ1n) is 8.11. The topological polar surface area (TPSA) is 0 Å². The quantitative estimate of drug-likeness (QED) is 0.223. The normalized spacial score (nSPS) is 10.7. The molecule has 0 N–H and O–H groups in total. The van der Waals surface area contributed by atoms with Crippen molar-refractivity contribution in [2.45, 2.75) is 69.5 Å². The summed E-state index contributed by atoms with van der Waals surface area (Å²) in [6.45, 7) is 3.76. The number of halogens is 1. The van der Waals surface area contributed by atoms with Gasteiger partial charge in [-0.1, -0.05) is 84.8 Å². The SMILES string of the molecule is C=CCCCCCCCCCCc1ccc(CBr)cc1. The van der Waals surface area contributed by atoms with Gasteiger partial charge in [-0.25, -0.2) is 0 Å². The molecule has 112 valence electrons. The zero-order chi connectivity index (χ0) is 14.5. The lowest BCUT2D eigenvalue weighted by Crippen LogP contribution is -1.87. The fourth-order valence-corrected chi connectivity index (χ4v) is 2.85. The molecular formula is C19H29Br. The summed E-state index contributed by atoms with van der Waals surface area (Å²) in [6.07, 6.45) is 15.5. The van der Waals surface area contributed by atoms with Gasteiger partial charge in [-0.05, 0) is 36.8 Å². The fourth-order valence-electron chi connectivity index (χ4n) is 2.47. The molecule has 0 spiro atoms. The van der Waals surface area contributed by atoms with E-state index in [9.17, 15) is 0 Å². The van der Waals surface area contributed by atoms with Crippen LogP contribution in [0.4, 0.5) is 0 Å². The van der Waals surface area contributed by atoms with Gasteiger partial charge in [-0.3, -0.25) is 0 Å². The van der Waals surface area contributed by atoms with Crippen LogP contribution < -0.4 is 0 Å². The lowest BCUT2D eigenvalue weighted by Gasteiger charge is -2.04. The van der Waals surface area contributed by atoms with Gasteiger partial charge in [0.2, 0.25) is 0 Å². The smallest absolute Gasteiger partial charge is 0.0283 e. The van der Waals surface area contributed by atoms with Gasteiger partial charge in [0.05, 0.1) is 0 Å². The monoisotopic (exact) mass is 336 g/mol. The van der Waals surface area contributed by atoms with Gasteiger partial charge in [0.1, 0.15) is 0 Å². The van der Waals surface area contributed by atoms with Crippen LogP contribution in [0.3, 0.4) is 0 Å². The fraction of sp³-hybridized carbons (Fsp3) is 0.579. The third-order valence-corrected chi connectivity index (χ3v) is 4.45. The maximum Gasteiger partial charge on any atom is 0.0283 e. The van der Waals surface area contributed by atoms with Gasteiger partial charge in [0, 0.05) is 5.33 Å². The Kier molecular flexibility index (Phi) is 10.7. The summed E-state index contributed by atoms with van der Waals surface area (Å²) in [5.74, 6) is 0. The molecule has 0 saturated carbocycles. The second-order valence-electron chi connectivity index (χ2n) is 5.61. The molecule has 1 heteroatoms. The van der Waals surface area contributed by atoms with Gasteiger partial charge in [0.25, 0.3) is 0 Å². The summed E-state index contributed by atoms with van der Waals surface area (Å²) in [5, 5.41) is 0.958. The predicted molar refractivity (Wildman–Crippen MR) is 94.5 cm³/mol. The van der Waals surface area contributed by atoms with Crippen LogP contribution in [0.15, 0.2) is 36.9 Å². The highest BCUT2D eigenvalue weighted by Gasteiger charge is 1.96. The Labute approximate surface area is 133 Å². The Morgan fingerprint density at radius 3 is 1.80 bits per heavy atom. The first kappa shape index (κ1) is 17.5. The maximum atomic E-state index is 3.76. The van der Waals surface area contributed by atoms with Crippen molar-refractivity contribution < 1.29 is 0 Å². The van der Waals surface area contributed by atoms with Crippen molar-refractivity contribution in [3.8, 4) is 0 Å². The van der Waals surface area contributed by atoms with Crippen LogP contribution in [0.1, 0.15) is 68.9 Å².